The van der Waals surface area contributed by atoms with E-state index in [0.717, 1.165) is 6.20 Å². The lowest BCUT2D eigenvalue weighted by molar-refractivity contribution is -0.136. The largest absolute Gasteiger partial charge is 0.361 e. The van der Waals surface area contributed by atoms with E-state index in [2.05, 4.69) is 20.8 Å². The van der Waals surface area contributed by atoms with Crippen molar-refractivity contribution >= 4 is 17.5 Å². The zero-order chi connectivity index (χ0) is 16.3. The Morgan fingerprint density at radius 2 is 2.00 bits per heavy atom. The lowest BCUT2D eigenvalue weighted by Crippen LogP contribution is -2.37. The summed E-state index contributed by atoms with van der Waals surface area (Å²) < 4.78 is 4.93. The molecule has 116 valence electrons. The number of aryl methyl sites for hydroxylation is 2. The summed E-state index contributed by atoms with van der Waals surface area (Å²) in [6.07, 6.45) is 1.00. The molecule has 0 fully saturated rings. The molecular weight excluding hydrogens is 294 g/mol. The fourth-order valence-corrected chi connectivity index (χ4v) is 1.68. The molecule has 2 rings (SSSR count). The van der Waals surface area contributed by atoms with E-state index in [0.29, 0.717) is 17.0 Å². The highest BCUT2D eigenvalue weighted by atomic mass is 16.5. The Labute approximate surface area is 122 Å². The van der Waals surface area contributed by atoms with E-state index in [4.69, 9.17) is 4.52 Å². The molecule has 0 saturated carbocycles. The van der Waals surface area contributed by atoms with Gasteiger partial charge in [0.25, 0.3) is 5.56 Å². The summed E-state index contributed by atoms with van der Waals surface area (Å²) in [6.45, 7) is 3.45. The normalized spacial score (nSPS) is 10.3. The van der Waals surface area contributed by atoms with Crippen LogP contribution in [-0.4, -0.2) is 26.9 Å². The van der Waals surface area contributed by atoms with Crippen molar-refractivity contribution in [1.29, 1.82) is 0 Å². The molecule has 2 aromatic heterocycles. The van der Waals surface area contributed by atoms with Crippen molar-refractivity contribution in [3.8, 4) is 0 Å². The lowest BCUT2D eigenvalue weighted by atomic mass is 10.2. The van der Waals surface area contributed by atoms with Crippen molar-refractivity contribution in [2.75, 3.05) is 5.32 Å². The second kappa shape index (κ2) is 6.08. The fourth-order valence-electron chi connectivity index (χ4n) is 1.68. The van der Waals surface area contributed by atoms with Crippen molar-refractivity contribution in [3.63, 3.8) is 0 Å². The van der Waals surface area contributed by atoms with Crippen LogP contribution in [0.3, 0.4) is 0 Å². The molecule has 2 heterocycles. The maximum absolute atomic E-state index is 11.7. The molecule has 10 nitrogen and oxygen atoms in total. The predicted molar refractivity (Wildman–Crippen MR) is 74.1 cm³/mol. The average Bonchev–Trinajstić information content (AvgIpc) is 2.78. The summed E-state index contributed by atoms with van der Waals surface area (Å²) in [6, 6.07) is 0. The number of H-pyrrole nitrogens is 2. The Bertz CT molecular complexity index is 811. The van der Waals surface area contributed by atoms with Gasteiger partial charge in [-0.15, -0.1) is 0 Å². The van der Waals surface area contributed by atoms with Crippen molar-refractivity contribution in [2.24, 2.45) is 0 Å². The van der Waals surface area contributed by atoms with Gasteiger partial charge in [0, 0.05) is 18.3 Å². The number of anilines is 1. The first-order chi connectivity index (χ1) is 10.4. The van der Waals surface area contributed by atoms with E-state index < -0.39 is 23.1 Å². The number of aromatic amines is 2. The fraction of sp³-hybridized carbons (Fsp3) is 0.250. The second-order valence-corrected chi connectivity index (χ2v) is 4.43. The van der Waals surface area contributed by atoms with Gasteiger partial charge in [0.1, 0.15) is 11.4 Å². The van der Waals surface area contributed by atoms with Gasteiger partial charge in [-0.1, -0.05) is 5.16 Å². The van der Waals surface area contributed by atoms with E-state index in [1.54, 1.807) is 13.8 Å². The number of aromatic nitrogens is 3. The molecule has 0 aliphatic carbocycles. The van der Waals surface area contributed by atoms with E-state index in [1.807, 2.05) is 4.98 Å². The number of nitrogens with one attached hydrogen (secondary N) is 4. The number of carbonyl (C=O) groups excluding carboxylic acids is 2. The minimum Gasteiger partial charge on any atom is -0.361 e. The topological polar surface area (TPSA) is 150 Å². The third-order valence-corrected chi connectivity index (χ3v) is 2.88. The van der Waals surface area contributed by atoms with E-state index >= 15 is 0 Å². The zero-order valence-corrected chi connectivity index (χ0v) is 11.8. The SMILES string of the molecule is Cc1noc(C)c1CNC(=O)C(=O)Nc1c[nH]c(=O)[nH]c1=O. The Hall–Kier alpha value is -3.17. The number of amides is 2. The van der Waals surface area contributed by atoms with Gasteiger partial charge in [-0.3, -0.25) is 19.4 Å². The minimum atomic E-state index is -1.04. The summed E-state index contributed by atoms with van der Waals surface area (Å²) >= 11 is 0. The van der Waals surface area contributed by atoms with Crippen LogP contribution < -0.4 is 21.9 Å². The van der Waals surface area contributed by atoms with Gasteiger partial charge in [0.2, 0.25) is 0 Å². The first-order valence-corrected chi connectivity index (χ1v) is 6.21. The third kappa shape index (κ3) is 3.29. The van der Waals surface area contributed by atoms with E-state index in [1.165, 1.54) is 0 Å². The Morgan fingerprint density at radius 1 is 1.27 bits per heavy atom. The van der Waals surface area contributed by atoms with Crippen LogP contribution in [-0.2, 0) is 16.1 Å². The first-order valence-electron chi connectivity index (χ1n) is 6.21. The van der Waals surface area contributed by atoms with Crippen LogP contribution in [0, 0.1) is 13.8 Å². The monoisotopic (exact) mass is 307 g/mol. The second-order valence-electron chi connectivity index (χ2n) is 4.43. The molecule has 0 unspecified atom stereocenters. The highest BCUT2D eigenvalue weighted by Crippen LogP contribution is 2.11. The standard InChI is InChI=1S/C12H13N5O5/c1-5-7(6(2)22-17-5)3-13-10(19)11(20)15-8-4-14-12(21)16-9(8)18/h4H,3H2,1-2H3,(H,13,19)(H,15,20)(H2,14,16,18,21). The van der Waals surface area contributed by atoms with Crippen LogP contribution in [0.5, 0.6) is 0 Å². The van der Waals surface area contributed by atoms with E-state index in [9.17, 15) is 19.2 Å². The quantitative estimate of drug-likeness (QED) is 0.530. The summed E-state index contributed by atoms with van der Waals surface area (Å²) in [5, 5.41) is 8.20. The Kier molecular flexibility index (Phi) is 4.20. The maximum atomic E-state index is 11.7. The number of hydrogen-bond donors (Lipinski definition) is 4. The Morgan fingerprint density at radius 3 is 2.59 bits per heavy atom. The smallest absolute Gasteiger partial charge is 0.325 e. The summed E-state index contributed by atoms with van der Waals surface area (Å²) in [5.41, 5.74) is -0.489. The summed E-state index contributed by atoms with van der Waals surface area (Å²) in [4.78, 5) is 49.7. The molecule has 2 amide bonds. The van der Waals surface area contributed by atoms with Crippen molar-refractivity contribution in [1.82, 2.24) is 20.4 Å². The van der Waals surface area contributed by atoms with Crippen LogP contribution in [0.4, 0.5) is 5.69 Å². The van der Waals surface area contributed by atoms with Crippen molar-refractivity contribution in [2.45, 2.75) is 20.4 Å². The van der Waals surface area contributed by atoms with E-state index in [-0.39, 0.29) is 12.2 Å². The average molecular weight is 307 g/mol. The van der Waals surface area contributed by atoms with Crippen LogP contribution in [0.1, 0.15) is 17.0 Å². The maximum Gasteiger partial charge on any atom is 0.325 e. The number of nitrogens with zero attached hydrogens (tertiary/aromatic N) is 1. The highest BCUT2D eigenvalue weighted by Gasteiger charge is 2.17. The number of rotatable bonds is 3. The van der Waals surface area contributed by atoms with Crippen LogP contribution in [0.2, 0.25) is 0 Å². The molecule has 0 atom stereocenters. The Balaban J connectivity index is 1.99. The molecule has 0 aromatic carbocycles. The molecule has 22 heavy (non-hydrogen) atoms. The van der Waals surface area contributed by atoms with Gasteiger partial charge in [-0.2, -0.15) is 0 Å². The molecule has 10 heteroatoms. The molecular formula is C12H13N5O5. The molecule has 0 aliphatic rings. The molecule has 0 radical (unpaired) electrons. The molecule has 4 N–H and O–H groups in total. The van der Waals surface area contributed by atoms with Crippen molar-refractivity contribution in [3.05, 3.63) is 44.1 Å². The third-order valence-electron chi connectivity index (χ3n) is 2.88. The van der Waals surface area contributed by atoms with Crippen LogP contribution in [0.25, 0.3) is 0 Å². The molecule has 0 bridgehead atoms. The number of hydrogen-bond acceptors (Lipinski definition) is 6. The van der Waals surface area contributed by atoms with Gasteiger partial charge < -0.3 is 20.1 Å². The molecule has 0 aliphatic heterocycles. The zero-order valence-electron chi connectivity index (χ0n) is 11.8. The number of carbonyl (C=O) groups is 2. The van der Waals surface area contributed by atoms with Crippen LogP contribution in [0.15, 0.2) is 20.3 Å². The first kappa shape index (κ1) is 15.2. The lowest BCUT2D eigenvalue weighted by Gasteiger charge is -2.05. The molecule has 0 spiro atoms. The van der Waals surface area contributed by atoms with Gasteiger partial charge >= 0.3 is 17.5 Å². The predicted octanol–water partition coefficient (Wildman–Crippen LogP) is -1.08. The van der Waals surface area contributed by atoms with Gasteiger partial charge in [-0.25, -0.2) is 4.79 Å². The minimum absolute atomic E-state index is 0.0649. The molecule has 2 aromatic rings. The van der Waals surface area contributed by atoms with Gasteiger partial charge in [-0.05, 0) is 13.8 Å². The van der Waals surface area contributed by atoms with Gasteiger partial charge in [0.05, 0.1) is 5.69 Å². The summed E-state index contributed by atoms with van der Waals surface area (Å²) in [5.74, 6) is -1.44. The molecule has 0 saturated heterocycles. The van der Waals surface area contributed by atoms with Crippen molar-refractivity contribution < 1.29 is 14.1 Å². The highest BCUT2D eigenvalue weighted by molar-refractivity contribution is 6.39. The van der Waals surface area contributed by atoms with Gasteiger partial charge in [0.15, 0.2) is 0 Å². The summed E-state index contributed by atoms with van der Waals surface area (Å²) in [7, 11) is 0. The van der Waals surface area contributed by atoms with Crippen LogP contribution >= 0.6 is 0 Å².